The Morgan fingerprint density at radius 3 is 3.00 bits per heavy atom. The van der Waals surface area contributed by atoms with Gasteiger partial charge in [-0.15, -0.1) is 5.10 Å². The van der Waals surface area contributed by atoms with Gasteiger partial charge in [0.2, 0.25) is 0 Å². The van der Waals surface area contributed by atoms with E-state index in [0.717, 1.165) is 26.1 Å². The quantitative estimate of drug-likeness (QED) is 0.731. The fourth-order valence-electron chi connectivity index (χ4n) is 1.61. The summed E-state index contributed by atoms with van der Waals surface area (Å²) < 4.78 is 3.98. The van der Waals surface area contributed by atoms with E-state index >= 15 is 0 Å². The molecule has 0 bridgehead atoms. The highest BCUT2D eigenvalue weighted by Gasteiger charge is 1.96. The normalized spacial score (nSPS) is 10.8. The van der Waals surface area contributed by atoms with Crippen molar-refractivity contribution >= 4 is 0 Å². The van der Waals surface area contributed by atoms with E-state index in [9.17, 15) is 0 Å². The predicted molar refractivity (Wildman–Crippen MR) is 61.8 cm³/mol. The summed E-state index contributed by atoms with van der Waals surface area (Å²) in [6.45, 7) is 2.83. The summed E-state index contributed by atoms with van der Waals surface area (Å²) in [5.41, 5.74) is 1.31. The van der Waals surface area contributed by atoms with Crippen molar-refractivity contribution in [1.82, 2.24) is 24.9 Å². The zero-order valence-electron chi connectivity index (χ0n) is 9.50. The number of aromatic nitrogens is 4. The number of hydrogen-bond acceptors (Lipinski definition) is 3. The van der Waals surface area contributed by atoms with Crippen LogP contribution < -0.4 is 5.32 Å². The molecule has 0 aliphatic heterocycles. The Morgan fingerprint density at radius 1 is 1.38 bits per heavy atom. The summed E-state index contributed by atoms with van der Waals surface area (Å²) >= 11 is 0. The maximum Gasteiger partial charge on any atom is 0.0692 e. The molecule has 0 saturated carbocycles. The molecule has 1 N–H and O–H groups in total. The van der Waals surface area contributed by atoms with Gasteiger partial charge in [-0.05, 0) is 25.1 Å². The maximum absolute atomic E-state index is 3.91. The molecular weight excluding hydrogens is 202 g/mol. The van der Waals surface area contributed by atoms with Crippen molar-refractivity contribution in [2.75, 3.05) is 6.54 Å². The van der Waals surface area contributed by atoms with Crippen LogP contribution in [0.25, 0.3) is 0 Å². The second-order valence-electron chi connectivity index (χ2n) is 3.81. The molecule has 0 aromatic carbocycles. The summed E-state index contributed by atoms with van der Waals surface area (Å²) in [5, 5.41) is 11.1. The molecule has 0 radical (unpaired) electrons. The molecule has 0 aliphatic carbocycles. The largest absolute Gasteiger partial charge is 0.353 e. The van der Waals surface area contributed by atoms with Gasteiger partial charge < -0.3 is 9.88 Å². The minimum atomic E-state index is 0.917. The van der Waals surface area contributed by atoms with Crippen LogP contribution in [0.1, 0.15) is 12.1 Å². The molecule has 2 rings (SSSR count). The predicted octanol–water partition coefficient (Wildman–Crippen LogP) is 0.796. The zero-order chi connectivity index (χ0) is 11.2. The Labute approximate surface area is 95.1 Å². The van der Waals surface area contributed by atoms with Crippen molar-refractivity contribution in [3.05, 3.63) is 36.4 Å². The molecule has 86 valence electrons. The van der Waals surface area contributed by atoms with Crippen molar-refractivity contribution in [1.29, 1.82) is 0 Å². The van der Waals surface area contributed by atoms with Crippen LogP contribution in [-0.4, -0.2) is 26.1 Å². The van der Waals surface area contributed by atoms with E-state index in [4.69, 9.17) is 0 Å². The average molecular weight is 219 g/mol. The monoisotopic (exact) mass is 219 g/mol. The molecule has 0 saturated heterocycles. The number of rotatable bonds is 6. The molecule has 5 heteroatoms. The second kappa shape index (κ2) is 5.46. The average Bonchev–Trinajstić information content (AvgIpc) is 2.90. The summed E-state index contributed by atoms with van der Waals surface area (Å²) in [6, 6.07) is 4.19. The zero-order valence-corrected chi connectivity index (χ0v) is 9.50. The van der Waals surface area contributed by atoms with Gasteiger partial charge in [0.25, 0.3) is 0 Å². The lowest BCUT2D eigenvalue weighted by atomic mass is 10.4. The Balaban J connectivity index is 1.61. The lowest BCUT2D eigenvalue weighted by molar-refractivity contribution is 0.526. The lowest BCUT2D eigenvalue weighted by Crippen LogP contribution is -2.18. The number of nitrogens with zero attached hydrogens (tertiary/aromatic N) is 4. The maximum atomic E-state index is 3.91. The van der Waals surface area contributed by atoms with E-state index in [0.29, 0.717) is 0 Å². The summed E-state index contributed by atoms with van der Waals surface area (Å²) in [5.74, 6) is 0. The molecule has 0 atom stereocenters. The molecule has 0 aliphatic rings. The molecule has 0 fully saturated rings. The molecule has 0 unspecified atom stereocenters. The Morgan fingerprint density at radius 2 is 2.31 bits per heavy atom. The van der Waals surface area contributed by atoms with Crippen molar-refractivity contribution < 1.29 is 0 Å². The molecule has 0 amide bonds. The Kier molecular flexibility index (Phi) is 3.71. The number of nitrogens with one attached hydrogen (secondary N) is 1. The molecule has 2 aromatic rings. The smallest absolute Gasteiger partial charge is 0.0692 e. The van der Waals surface area contributed by atoms with Gasteiger partial charge in [-0.25, -0.2) is 0 Å². The van der Waals surface area contributed by atoms with Crippen LogP contribution in [0.3, 0.4) is 0 Å². The van der Waals surface area contributed by atoms with Gasteiger partial charge in [0.15, 0.2) is 0 Å². The van der Waals surface area contributed by atoms with Gasteiger partial charge >= 0.3 is 0 Å². The van der Waals surface area contributed by atoms with Crippen molar-refractivity contribution in [3.8, 4) is 0 Å². The second-order valence-corrected chi connectivity index (χ2v) is 3.81. The fourth-order valence-corrected chi connectivity index (χ4v) is 1.61. The molecule has 2 heterocycles. The summed E-state index contributed by atoms with van der Waals surface area (Å²) in [7, 11) is 2.06. The van der Waals surface area contributed by atoms with Crippen LogP contribution in [0.5, 0.6) is 0 Å². The van der Waals surface area contributed by atoms with Crippen LogP contribution >= 0.6 is 0 Å². The molecule has 16 heavy (non-hydrogen) atoms. The highest BCUT2D eigenvalue weighted by molar-refractivity contribution is 5.05. The van der Waals surface area contributed by atoms with E-state index < -0.39 is 0 Å². The van der Waals surface area contributed by atoms with Gasteiger partial charge in [0.1, 0.15) is 0 Å². The van der Waals surface area contributed by atoms with Crippen molar-refractivity contribution in [2.24, 2.45) is 7.05 Å². The molecular formula is C11H17N5. The van der Waals surface area contributed by atoms with Crippen LogP contribution in [0.2, 0.25) is 0 Å². The van der Waals surface area contributed by atoms with Gasteiger partial charge in [-0.2, -0.15) is 0 Å². The highest BCUT2D eigenvalue weighted by atomic mass is 15.4. The van der Waals surface area contributed by atoms with E-state index in [-0.39, 0.29) is 0 Å². The van der Waals surface area contributed by atoms with Crippen LogP contribution in [-0.2, 0) is 20.1 Å². The van der Waals surface area contributed by atoms with Gasteiger partial charge in [0, 0.05) is 38.2 Å². The summed E-state index contributed by atoms with van der Waals surface area (Å²) in [6.07, 6.45) is 6.72. The van der Waals surface area contributed by atoms with Gasteiger partial charge in [-0.1, -0.05) is 5.21 Å². The first-order chi connectivity index (χ1) is 7.86. The third-order valence-electron chi connectivity index (χ3n) is 2.57. The first-order valence-electron chi connectivity index (χ1n) is 5.51. The van der Waals surface area contributed by atoms with Crippen LogP contribution in [0, 0.1) is 0 Å². The molecule has 0 spiro atoms. The van der Waals surface area contributed by atoms with Gasteiger partial charge in [0.05, 0.1) is 6.20 Å². The first-order valence-corrected chi connectivity index (χ1v) is 5.51. The van der Waals surface area contributed by atoms with Crippen molar-refractivity contribution in [2.45, 2.75) is 19.5 Å². The SMILES string of the molecule is Cn1cccc1CNCCCn1ccnn1. The minimum Gasteiger partial charge on any atom is -0.353 e. The van der Waals surface area contributed by atoms with E-state index in [1.807, 2.05) is 10.9 Å². The van der Waals surface area contributed by atoms with E-state index in [1.54, 1.807) is 6.20 Å². The number of hydrogen-bond donors (Lipinski definition) is 1. The molecule has 5 nitrogen and oxygen atoms in total. The van der Waals surface area contributed by atoms with Crippen LogP contribution in [0.4, 0.5) is 0 Å². The Hall–Kier alpha value is -1.62. The van der Waals surface area contributed by atoms with E-state index in [1.165, 1.54) is 5.69 Å². The fraction of sp³-hybridized carbons (Fsp3) is 0.455. The topological polar surface area (TPSA) is 47.7 Å². The third kappa shape index (κ3) is 2.93. The van der Waals surface area contributed by atoms with Crippen molar-refractivity contribution in [3.63, 3.8) is 0 Å². The van der Waals surface area contributed by atoms with Crippen LogP contribution in [0.15, 0.2) is 30.7 Å². The highest BCUT2D eigenvalue weighted by Crippen LogP contribution is 1.98. The van der Waals surface area contributed by atoms with Gasteiger partial charge in [-0.3, -0.25) is 4.68 Å². The third-order valence-corrected chi connectivity index (χ3v) is 2.57. The number of aryl methyl sites for hydroxylation is 2. The standard InChI is InChI=1S/C11H17N5/c1-15-7-2-4-11(15)10-12-5-3-8-16-9-6-13-14-16/h2,4,6-7,9,12H,3,5,8,10H2,1H3. The Bertz CT molecular complexity index is 404. The first kappa shape index (κ1) is 10.9. The minimum absolute atomic E-state index is 0.917. The lowest BCUT2D eigenvalue weighted by Gasteiger charge is -2.05. The van der Waals surface area contributed by atoms with E-state index in [2.05, 4.69) is 45.6 Å². The molecule has 2 aromatic heterocycles. The summed E-state index contributed by atoms with van der Waals surface area (Å²) in [4.78, 5) is 0.